The maximum Gasteiger partial charge on any atom is 0.226 e. The van der Waals surface area contributed by atoms with Crippen molar-refractivity contribution >= 4 is 17.5 Å². The Hall–Kier alpha value is -0.240. The Morgan fingerprint density at radius 3 is 2.44 bits per heavy atom. The molecule has 4 fully saturated rings. The van der Waals surface area contributed by atoms with E-state index in [0.29, 0.717) is 11.8 Å². The summed E-state index contributed by atoms with van der Waals surface area (Å²) in [6.45, 7) is 2.74. The number of carbonyl (C=O) groups excluding carboxylic acids is 1. The van der Waals surface area contributed by atoms with Crippen LogP contribution in [0.25, 0.3) is 0 Å². The fourth-order valence-electron chi connectivity index (χ4n) is 4.76. The summed E-state index contributed by atoms with van der Waals surface area (Å²) in [5.74, 6) is 1.69. The Kier molecular flexibility index (Phi) is 2.30. The van der Waals surface area contributed by atoms with Gasteiger partial charge in [-0.2, -0.15) is 0 Å². The minimum atomic E-state index is -0.109. The minimum absolute atomic E-state index is 0.0465. The van der Waals surface area contributed by atoms with Crippen molar-refractivity contribution in [1.29, 1.82) is 0 Å². The summed E-state index contributed by atoms with van der Waals surface area (Å²) < 4.78 is 0. The number of nitrogens with one attached hydrogen (secondary N) is 1. The summed E-state index contributed by atoms with van der Waals surface area (Å²) in [5.41, 5.74) is -0.109. The van der Waals surface area contributed by atoms with E-state index in [9.17, 15) is 4.79 Å². The molecule has 0 spiro atoms. The quantitative estimate of drug-likeness (QED) is 0.740. The number of alkyl halides is 1. The Morgan fingerprint density at radius 2 is 1.94 bits per heavy atom. The third-order valence-electron chi connectivity index (χ3n) is 4.81. The van der Waals surface area contributed by atoms with E-state index in [1.807, 2.05) is 6.92 Å². The van der Waals surface area contributed by atoms with Crippen molar-refractivity contribution in [3.8, 4) is 0 Å². The standard InChI is InChI=1S/C13H20ClNO/c1-2-15-11(16)12-4-9-3-10(5-12)7-13(14,6-9)8-12/h9-10H,2-8H2,1H3,(H,15,16)/t9-,10-,12?,13?/m1/s1. The number of rotatable bonds is 2. The highest BCUT2D eigenvalue weighted by molar-refractivity contribution is 6.24. The third-order valence-corrected chi connectivity index (χ3v) is 5.25. The van der Waals surface area contributed by atoms with Crippen LogP contribution < -0.4 is 5.32 Å². The van der Waals surface area contributed by atoms with Gasteiger partial charge in [-0.25, -0.2) is 0 Å². The van der Waals surface area contributed by atoms with Crippen LogP contribution in [0.2, 0.25) is 0 Å². The Bertz CT molecular complexity index is 314. The highest BCUT2D eigenvalue weighted by Gasteiger charge is 2.59. The molecule has 4 aliphatic carbocycles. The van der Waals surface area contributed by atoms with Gasteiger partial charge in [-0.05, 0) is 57.3 Å². The first-order valence-electron chi connectivity index (χ1n) is 6.52. The van der Waals surface area contributed by atoms with E-state index in [1.54, 1.807) is 0 Å². The smallest absolute Gasteiger partial charge is 0.226 e. The zero-order valence-corrected chi connectivity index (χ0v) is 10.6. The summed E-state index contributed by atoms with van der Waals surface area (Å²) in [4.78, 5) is 12.2. The first kappa shape index (κ1) is 10.9. The molecular formula is C13H20ClNO. The first-order valence-corrected chi connectivity index (χ1v) is 6.90. The third kappa shape index (κ3) is 1.49. The van der Waals surface area contributed by atoms with Crippen molar-refractivity contribution in [3.63, 3.8) is 0 Å². The molecule has 0 unspecified atom stereocenters. The lowest BCUT2D eigenvalue weighted by molar-refractivity contribution is -0.144. The van der Waals surface area contributed by atoms with E-state index in [2.05, 4.69) is 5.32 Å². The Labute approximate surface area is 102 Å². The van der Waals surface area contributed by atoms with E-state index in [4.69, 9.17) is 11.6 Å². The van der Waals surface area contributed by atoms with Crippen molar-refractivity contribution in [2.45, 2.75) is 50.3 Å². The maximum atomic E-state index is 12.3. The molecule has 0 saturated heterocycles. The lowest BCUT2D eigenvalue weighted by Gasteiger charge is -2.59. The van der Waals surface area contributed by atoms with Gasteiger partial charge in [0.05, 0.1) is 5.41 Å². The Morgan fingerprint density at radius 1 is 1.31 bits per heavy atom. The molecule has 4 aliphatic rings. The van der Waals surface area contributed by atoms with Crippen molar-refractivity contribution in [1.82, 2.24) is 5.32 Å². The van der Waals surface area contributed by atoms with E-state index in [1.165, 1.54) is 6.42 Å². The SMILES string of the molecule is CCNC(=O)C12C[C@H]3C[C@@H](CC(Cl)(C3)C1)C2. The molecule has 3 heteroatoms. The highest BCUT2D eigenvalue weighted by atomic mass is 35.5. The predicted octanol–water partition coefficient (Wildman–Crippen LogP) is 2.70. The van der Waals surface area contributed by atoms with Gasteiger partial charge in [0.1, 0.15) is 0 Å². The second-order valence-corrected chi connectivity index (χ2v) is 7.05. The van der Waals surface area contributed by atoms with Gasteiger partial charge >= 0.3 is 0 Å². The predicted molar refractivity (Wildman–Crippen MR) is 64.4 cm³/mol. The highest BCUT2D eigenvalue weighted by Crippen LogP contribution is 2.63. The Balaban J connectivity index is 1.89. The normalized spacial score (nSPS) is 49.4. The molecule has 4 rings (SSSR count). The molecule has 4 saturated carbocycles. The van der Waals surface area contributed by atoms with Crippen LogP contribution in [0.4, 0.5) is 0 Å². The summed E-state index contributed by atoms with van der Waals surface area (Å²) in [5, 5.41) is 3.02. The van der Waals surface area contributed by atoms with Crippen LogP contribution in [0.1, 0.15) is 45.4 Å². The minimum Gasteiger partial charge on any atom is -0.356 e. The van der Waals surface area contributed by atoms with Crippen LogP contribution in [0, 0.1) is 17.3 Å². The van der Waals surface area contributed by atoms with E-state index >= 15 is 0 Å². The molecule has 2 atom stereocenters. The van der Waals surface area contributed by atoms with Gasteiger partial charge in [-0.15, -0.1) is 11.6 Å². The lowest BCUT2D eigenvalue weighted by atomic mass is 9.49. The average molecular weight is 242 g/mol. The van der Waals surface area contributed by atoms with Gasteiger partial charge in [0.15, 0.2) is 0 Å². The van der Waals surface area contributed by atoms with Gasteiger partial charge < -0.3 is 5.32 Å². The van der Waals surface area contributed by atoms with Gasteiger partial charge in [0, 0.05) is 11.4 Å². The maximum absolute atomic E-state index is 12.3. The fourth-order valence-corrected chi connectivity index (χ4v) is 5.46. The average Bonchev–Trinajstić information content (AvgIpc) is 2.13. The second kappa shape index (κ2) is 3.38. The lowest BCUT2D eigenvalue weighted by Crippen LogP contribution is -2.58. The summed E-state index contributed by atoms with van der Waals surface area (Å²) in [6.07, 6.45) is 6.70. The molecule has 0 aromatic heterocycles. The molecular weight excluding hydrogens is 222 g/mol. The van der Waals surface area contributed by atoms with Crippen LogP contribution in [-0.2, 0) is 4.79 Å². The topological polar surface area (TPSA) is 29.1 Å². The van der Waals surface area contributed by atoms with Crippen molar-refractivity contribution in [3.05, 3.63) is 0 Å². The molecule has 0 aromatic carbocycles. The number of hydrogen-bond donors (Lipinski definition) is 1. The second-order valence-electron chi connectivity index (χ2n) is 6.25. The molecule has 0 heterocycles. The molecule has 2 nitrogen and oxygen atoms in total. The molecule has 0 aliphatic heterocycles. The van der Waals surface area contributed by atoms with Crippen LogP contribution >= 0.6 is 11.6 Å². The van der Waals surface area contributed by atoms with Gasteiger partial charge in [0.25, 0.3) is 0 Å². The molecule has 0 aromatic rings. The number of carbonyl (C=O) groups is 1. The largest absolute Gasteiger partial charge is 0.356 e. The van der Waals surface area contributed by atoms with Crippen LogP contribution in [0.5, 0.6) is 0 Å². The number of halogens is 1. The van der Waals surface area contributed by atoms with Crippen LogP contribution in [0.3, 0.4) is 0 Å². The van der Waals surface area contributed by atoms with E-state index in [0.717, 1.165) is 38.6 Å². The van der Waals surface area contributed by atoms with Gasteiger partial charge in [0.2, 0.25) is 5.91 Å². The number of amides is 1. The summed E-state index contributed by atoms with van der Waals surface area (Å²) in [6, 6.07) is 0. The molecule has 1 amide bonds. The van der Waals surface area contributed by atoms with Crippen LogP contribution in [0.15, 0.2) is 0 Å². The zero-order valence-electron chi connectivity index (χ0n) is 9.89. The van der Waals surface area contributed by atoms with Gasteiger partial charge in [-0.1, -0.05) is 0 Å². The fraction of sp³-hybridized carbons (Fsp3) is 0.923. The van der Waals surface area contributed by atoms with E-state index in [-0.39, 0.29) is 16.2 Å². The number of hydrogen-bond acceptors (Lipinski definition) is 1. The molecule has 0 radical (unpaired) electrons. The van der Waals surface area contributed by atoms with Gasteiger partial charge in [-0.3, -0.25) is 4.79 Å². The van der Waals surface area contributed by atoms with Crippen molar-refractivity contribution in [2.75, 3.05) is 6.54 Å². The van der Waals surface area contributed by atoms with E-state index < -0.39 is 0 Å². The van der Waals surface area contributed by atoms with Crippen LogP contribution in [-0.4, -0.2) is 17.3 Å². The zero-order chi connectivity index (χ0) is 11.4. The summed E-state index contributed by atoms with van der Waals surface area (Å²) >= 11 is 6.68. The summed E-state index contributed by atoms with van der Waals surface area (Å²) in [7, 11) is 0. The monoisotopic (exact) mass is 241 g/mol. The molecule has 4 bridgehead atoms. The molecule has 90 valence electrons. The first-order chi connectivity index (χ1) is 7.55. The molecule has 16 heavy (non-hydrogen) atoms. The van der Waals surface area contributed by atoms with Crippen molar-refractivity contribution < 1.29 is 4.79 Å². The van der Waals surface area contributed by atoms with Crippen molar-refractivity contribution in [2.24, 2.45) is 17.3 Å². The molecule has 1 N–H and O–H groups in total.